The number of anilines is 2. The van der Waals surface area contributed by atoms with Gasteiger partial charge in [0.25, 0.3) is 0 Å². The molecule has 7 heteroatoms. The summed E-state index contributed by atoms with van der Waals surface area (Å²) >= 11 is 1.70. The fraction of sp³-hybridized carbons (Fsp3) is 0.316. The predicted molar refractivity (Wildman–Crippen MR) is 105 cm³/mol. The van der Waals surface area contributed by atoms with Gasteiger partial charge in [-0.15, -0.1) is 11.3 Å². The lowest BCUT2D eigenvalue weighted by Crippen LogP contribution is -2.47. The second-order valence-corrected chi connectivity index (χ2v) is 6.82. The molecule has 0 unspecified atom stereocenters. The van der Waals surface area contributed by atoms with Crippen LogP contribution >= 0.6 is 11.3 Å². The van der Waals surface area contributed by atoms with Gasteiger partial charge >= 0.3 is 0 Å². The molecule has 1 aliphatic heterocycles. The summed E-state index contributed by atoms with van der Waals surface area (Å²) in [7, 11) is 0. The Balaban J connectivity index is 1.41. The van der Waals surface area contributed by atoms with Crippen LogP contribution in [-0.2, 0) is 0 Å². The van der Waals surface area contributed by atoms with Crippen LogP contribution in [0, 0.1) is 0 Å². The monoisotopic (exact) mass is 367 g/mol. The highest BCUT2D eigenvalue weighted by atomic mass is 32.1. The van der Waals surface area contributed by atoms with Crippen molar-refractivity contribution in [3.8, 4) is 17.1 Å². The minimum absolute atomic E-state index is 0.609. The van der Waals surface area contributed by atoms with Gasteiger partial charge in [0.15, 0.2) is 5.13 Å². The molecule has 0 aliphatic carbocycles. The van der Waals surface area contributed by atoms with Gasteiger partial charge in [0.1, 0.15) is 0 Å². The first kappa shape index (κ1) is 16.8. The van der Waals surface area contributed by atoms with Crippen LogP contribution in [0.1, 0.15) is 6.92 Å². The largest absolute Gasteiger partial charge is 0.478 e. The summed E-state index contributed by atoms with van der Waals surface area (Å²) in [5, 5.41) is 3.21. The fourth-order valence-corrected chi connectivity index (χ4v) is 3.85. The van der Waals surface area contributed by atoms with Crippen LogP contribution in [0.25, 0.3) is 11.3 Å². The van der Waals surface area contributed by atoms with Gasteiger partial charge in [0, 0.05) is 49.4 Å². The fourth-order valence-electron chi connectivity index (χ4n) is 2.96. The van der Waals surface area contributed by atoms with Gasteiger partial charge in [-0.3, -0.25) is 0 Å². The Morgan fingerprint density at radius 3 is 2.54 bits per heavy atom. The topological polar surface area (TPSA) is 54.4 Å². The number of hydrogen-bond donors (Lipinski definition) is 0. The molecule has 1 fully saturated rings. The van der Waals surface area contributed by atoms with Crippen molar-refractivity contribution in [3.05, 3.63) is 48.0 Å². The Hall–Kier alpha value is -2.67. The van der Waals surface area contributed by atoms with Gasteiger partial charge in [-0.1, -0.05) is 30.3 Å². The van der Waals surface area contributed by atoms with E-state index in [9.17, 15) is 0 Å². The molecule has 0 N–H and O–H groups in total. The number of benzene rings is 1. The summed E-state index contributed by atoms with van der Waals surface area (Å²) in [4.78, 5) is 18.2. The third-order valence-corrected chi connectivity index (χ3v) is 5.21. The maximum atomic E-state index is 5.48. The lowest BCUT2D eigenvalue weighted by molar-refractivity contribution is 0.326. The van der Waals surface area contributed by atoms with Crippen molar-refractivity contribution in [1.29, 1.82) is 0 Å². The van der Waals surface area contributed by atoms with E-state index in [0.717, 1.165) is 48.5 Å². The molecule has 0 spiro atoms. The molecule has 0 atom stereocenters. The van der Waals surface area contributed by atoms with Crippen molar-refractivity contribution >= 4 is 22.4 Å². The number of aromatic nitrogens is 3. The first-order valence-corrected chi connectivity index (χ1v) is 9.68. The van der Waals surface area contributed by atoms with E-state index in [1.165, 1.54) is 0 Å². The number of piperazine rings is 1. The van der Waals surface area contributed by atoms with E-state index in [1.54, 1.807) is 23.6 Å². The molecule has 0 radical (unpaired) electrons. The second kappa shape index (κ2) is 7.70. The highest BCUT2D eigenvalue weighted by molar-refractivity contribution is 7.14. The Kier molecular flexibility index (Phi) is 4.97. The van der Waals surface area contributed by atoms with E-state index < -0.39 is 0 Å². The maximum absolute atomic E-state index is 5.48. The standard InChI is InChI=1S/C19H21N5OS/c1-2-25-17-8-9-20-18(22-17)23-10-12-24(13-11-23)19-21-16(14-26-19)15-6-4-3-5-7-15/h3-9,14H,2,10-13H2,1H3. The average Bonchev–Trinajstić information content (AvgIpc) is 3.20. The zero-order chi connectivity index (χ0) is 17.8. The third kappa shape index (κ3) is 3.62. The molecule has 6 nitrogen and oxygen atoms in total. The van der Waals surface area contributed by atoms with Crippen LogP contribution in [0.15, 0.2) is 48.0 Å². The Morgan fingerprint density at radius 1 is 1.00 bits per heavy atom. The first-order chi connectivity index (χ1) is 12.8. The molecule has 0 saturated carbocycles. The molecule has 2 aromatic heterocycles. The van der Waals surface area contributed by atoms with Crippen LogP contribution < -0.4 is 14.5 Å². The van der Waals surface area contributed by atoms with Crippen molar-refractivity contribution in [2.45, 2.75) is 6.92 Å². The van der Waals surface area contributed by atoms with E-state index in [2.05, 4.69) is 37.3 Å². The summed E-state index contributed by atoms with van der Waals surface area (Å²) < 4.78 is 5.48. The SMILES string of the molecule is CCOc1ccnc(N2CCN(c3nc(-c4ccccc4)cs3)CC2)n1. The minimum Gasteiger partial charge on any atom is -0.478 e. The molecule has 3 aromatic rings. The maximum Gasteiger partial charge on any atom is 0.228 e. The summed E-state index contributed by atoms with van der Waals surface area (Å²) in [5.41, 5.74) is 2.20. The van der Waals surface area contributed by atoms with E-state index in [0.29, 0.717) is 12.5 Å². The van der Waals surface area contributed by atoms with E-state index in [4.69, 9.17) is 9.72 Å². The van der Waals surface area contributed by atoms with E-state index >= 15 is 0 Å². The molecule has 134 valence electrons. The molecule has 1 saturated heterocycles. The Bertz CT molecular complexity index is 846. The molecule has 26 heavy (non-hydrogen) atoms. The number of rotatable bonds is 5. The van der Waals surface area contributed by atoms with Crippen LogP contribution in [0.3, 0.4) is 0 Å². The number of nitrogens with zero attached hydrogens (tertiary/aromatic N) is 5. The van der Waals surface area contributed by atoms with Gasteiger partial charge in [0.05, 0.1) is 12.3 Å². The lowest BCUT2D eigenvalue weighted by Gasteiger charge is -2.34. The van der Waals surface area contributed by atoms with Gasteiger partial charge in [-0.2, -0.15) is 4.98 Å². The van der Waals surface area contributed by atoms with Gasteiger partial charge in [0.2, 0.25) is 11.8 Å². The van der Waals surface area contributed by atoms with Gasteiger partial charge in [-0.05, 0) is 6.92 Å². The summed E-state index contributed by atoms with van der Waals surface area (Å²) in [6, 6.07) is 12.1. The van der Waals surface area contributed by atoms with Crippen molar-refractivity contribution in [3.63, 3.8) is 0 Å². The number of ether oxygens (including phenoxy) is 1. The van der Waals surface area contributed by atoms with Crippen LogP contribution in [0.4, 0.5) is 11.1 Å². The Labute approximate surface area is 157 Å². The quantitative estimate of drug-likeness (QED) is 0.689. The van der Waals surface area contributed by atoms with Gasteiger partial charge < -0.3 is 14.5 Å². The summed E-state index contributed by atoms with van der Waals surface area (Å²) in [6.07, 6.45) is 1.76. The smallest absolute Gasteiger partial charge is 0.228 e. The van der Waals surface area contributed by atoms with E-state index in [1.807, 2.05) is 25.1 Å². The van der Waals surface area contributed by atoms with Crippen molar-refractivity contribution < 1.29 is 4.74 Å². The highest BCUT2D eigenvalue weighted by Crippen LogP contribution is 2.28. The number of hydrogen-bond acceptors (Lipinski definition) is 7. The normalized spacial score (nSPS) is 14.5. The van der Waals surface area contributed by atoms with Crippen molar-refractivity contribution in [1.82, 2.24) is 15.0 Å². The highest BCUT2D eigenvalue weighted by Gasteiger charge is 2.21. The molecule has 1 aromatic carbocycles. The molecular formula is C19H21N5OS. The summed E-state index contributed by atoms with van der Waals surface area (Å²) in [5.74, 6) is 1.37. The third-order valence-electron chi connectivity index (χ3n) is 4.30. The predicted octanol–water partition coefficient (Wildman–Crippen LogP) is 3.33. The molecule has 0 amide bonds. The van der Waals surface area contributed by atoms with Crippen LogP contribution in [0.5, 0.6) is 5.88 Å². The lowest BCUT2D eigenvalue weighted by atomic mass is 10.2. The Morgan fingerprint density at radius 2 is 1.77 bits per heavy atom. The molecule has 0 bridgehead atoms. The zero-order valence-corrected chi connectivity index (χ0v) is 15.5. The molecule has 1 aliphatic rings. The van der Waals surface area contributed by atoms with Crippen LogP contribution in [-0.4, -0.2) is 47.7 Å². The second-order valence-electron chi connectivity index (χ2n) is 5.98. The first-order valence-electron chi connectivity index (χ1n) is 8.80. The number of thiazole rings is 1. The van der Waals surface area contributed by atoms with Crippen molar-refractivity contribution in [2.75, 3.05) is 42.6 Å². The molecular weight excluding hydrogens is 346 g/mol. The van der Waals surface area contributed by atoms with Gasteiger partial charge in [-0.25, -0.2) is 9.97 Å². The van der Waals surface area contributed by atoms with Crippen LogP contribution in [0.2, 0.25) is 0 Å². The molecule has 3 heterocycles. The van der Waals surface area contributed by atoms with E-state index in [-0.39, 0.29) is 0 Å². The summed E-state index contributed by atoms with van der Waals surface area (Å²) in [6.45, 7) is 6.12. The van der Waals surface area contributed by atoms with Crippen molar-refractivity contribution in [2.24, 2.45) is 0 Å². The zero-order valence-electron chi connectivity index (χ0n) is 14.7. The average molecular weight is 367 g/mol. The minimum atomic E-state index is 0.609. The molecule has 4 rings (SSSR count).